The molecule has 1 saturated heterocycles. The lowest BCUT2D eigenvalue weighted by Crippen LogP contribution is -2.48. The lowest BCUT2D eigenvalue weighted by atomic mass is 9.88. The van der Waals surface area contributed by atoms with E-state index in [1.807, 2.05) is 41.5 Å². The largest absolute Gasteiger partial charge is 0.444 e. The lowest BCUT2D eigenvalue weighted by molar-refractivity contribution is -0.00860. The first-order valence-corrected chi connectivity index (χ1v) is 8.60. The molecule has 1 aliphatic rings. The molecule has 124 valence electrons. The highest BCUT2D eigenvalue weighted by molar-refractivity contribution is 8.00. The zero-order valence-electron chi connectivity index (χ0n) is 14.6. The maximum absolute atomic E-state index is 12.5. The highest BCUT2D eigenvalue weighted by Crippen LogP contribution is 2.41. The van der Waals surface area contributed by atoms with Crippen LogP contribution in [0.25, 0.3) is 0 Å². The fourth-order valence-corrected chi connectivity index (χ4v) is 3.93. The number of aliphatic hydroxyl groups is 1. The molecular formula is C16H31NO3S. The second-order valence-corrected chi connectivity index (χ2v) is 9.61. The van der Waals surface area contributed by atoms with Crippen LogP contribution in [0.5, 0.6) is 0 Å². The predicted octanol–water partition coefficient (Wildman–Crippen LogP) is 3.73. The normalized spacial score (nSPS) is 25.3. The second-order valence-electron chi connectivity index (χ2n) is 8.25. The van der Waals surface area contributed by atoms with Crippen molar-refractivity contribution < 1.29 is 14.6 Å². The van der Waals surface area contributed by atoms with E-state index in [9.17, 15) is 9.90 Å². The molecule has 1 amide bonds. The molecule has 21 heavy (non-hydrogen) atoms. The second kappa shape index (κ2) is 6.37. The van der Waals surface area contributed by atoms with Gasteiger partial charge in [-0.3, -0.25) is 4.90 Å². The Labute approximate surface area is 133 Å². The molecule has 1 aliphatic heterocycles. The minimum absolute atomic E-state index is 0.243. The molecule has 0 aromatic heterocycles. The van der Waals surface area contributed by atoms with Crippen LogP contribution in [0.3, 0.4) is 0 Å². The third-order valence-electron chi connectivity index (χ3n) is 3.53. The molecule has 0 spiro atoms. The zero-order chi connectivity index (χ0) is 16.6. The number of aliphatic hydroxyl groups excluding tert-OH is 1. The summed E-state index contributed by atoms with van der Waals surface area (Å²) in [6, 6.07) is 0. The van der Waals surface area contributed by atoms with Crippen LogP contribution < -0.4 is 0 Å². The summed E-state index contributed by atoms with van der Waals surface area (Å²) in [6.07, 6.45) is -0.912. The number of rotatable bonds is 2. The van der Waals surface area contributed by atoms with Crippen LogP contribution in [0.4, 0.5) is 4.79 Å². The van der Waals surface area contributed by atoms with Crippen molar-refractivity contribution in [1.29, 1.82) is 0 Å². The summed E-state index contributed by atoms with van der Waals surface area (Å²) in [4.78, 5) is 14.2. The molecule has 0 bridgehead atoms. The van der Waals surface area contributed by atoms with Crippen molar-refractivity contribution in [3.63, 3.8) is 0 Å². The van der Waals surface area contributed by atoms with E-state index in [1.54, 1.807) is 16.7 Å². The minimum Gasteiger partial charge on any atom is -0.444 e. The molecule has 5 heteroatoms. The van der Waals surface area contributed by atoms with Crippen molar-refractivity contribution in [1.82, 2.24) is 4.90 Å². The molecule has 0 aliphatic carbocycles. The van der Waals surface area contributed by atoms with E-state index in [0.29, 0.717) is 17.7 Å². The number of hydrogen-bond acceptors (Lipinski definition) is 4. The van der Waals surface area contributed by atoms with Gasteiger partial charge in [0.1, 0.15) is 11.0 Å². The Morgan fingerprint density at radius 1 is 1.24 bits per heavy atom. The Morgan fingerprint density at radius 2 is 1.76 bits per heavy atom. The average Bonchev–Trinajstić information content (AvgIpc) is 2.68. The summed E-state index contributed by atoms with van der Waals surface area (Å²) >= 11 is 1.69. The van der Waals surface area contributed by atoms with Gasteiger partial charge >= 0.3 is 6.09 Å². The van der Waals surface area contributed by atoms with Crippen molar-refractivity contribution in [2.24, 2.45) is 11.3 Å². The van der Waals surface area contributed by atoms with Gasteiger partial charge in [0.25, 0.3) is 0 Å². The maximum Gasteiger partial charge on any atom is 0.411 e. The highest BCUT2D eigenvalue weighted by atomic mass is 32.2. The van der Waals surface area contributed by atoms with Crippen LogP contribution in [-0.2, 0) is 4.74 Å². The molecule has 1 N–H and O–H groups in total. The first-order valence-electron chi connectivity index (χ1n) is 7.66. The Hall–Kier alpha value is -0.420. The van der Waals surface area contributed by atoms with E-state index in [0.717, 1.165) is 0 Å². The molecule has 0 saturated carbocycles. The molecule has 0 unspecified atom stereocenters. The Balaban J connectivity index is 2.93. The van der Waals surface area contributed by atoms with Crippen LogP contribution in [0.2, 0.25) is 0 Å². The Kier molecular flexibility index (Phi) is 5.65. The molecular weight excluding hydrogens is 286 g/mol. The number of nitrogens with zero attached hydrogens (tertiary/aromatic N) is 1. The topological polar surface area (TPSA) is 49.8 Å². The van der Waals surface area contributed by atoms with Gasteiger partial charge in [0, 0.05) is 11.8 Å². The first-order chi connectivity index (χ1) is 9.33. The molecule has 0 aromatic rings. The SMILES string of the molecule is CC(C)[C@H]1CN(C(=O)OC(C)(C)C)[C@H]([C@H](O)C(C)(C)C)S1. The molecule has 0 aromatic carbocycles. The summed E-state index contributed by atoms with van der Waals surface area (Å²) < 4.78 is 5.51. The molecule has 1 rings (SSSR count). The lowest BCUT2D eigenvalue weighted by Gasteiger charge is -2.35. The number of carbonyl (C=O) groups excluding carboxylic acids is 1. The van der Waals surface area contributed by atoms with E-state index >= 15 is 0 Å². The minimum atomic E-state index is -0.584. The molecule has 1 fully saturated rings. The molecule has 0 radical (unpaired) electrons. The fraction of sp³-hybridized carbons (Fsp3) is 0.938. The summed E-state index contributed by atoms with van der Waals surface area (Å²) in [7, 11) is 0. The maximum atomic E-state index is 12.5. The van der Waals surface area contributed by atoms with Gasteiger partial charge in [-0.25, -0.2) is 4.79 Å². The zero-order valence-corrected chi connectivity index (χ0v) is 15.5. The number of hydrogen-bond donors (Lipinski definition) is 1. The van der Waals surface area contributed by atoms with Crippen molar-refractivity contribution in [3.8, 4) is 0 Å². The third-order valence-corrected chi connectivity index (χ3v) is 5.36. The van der Waals surface area contributed by atoms with Crippen molar-refractivity contribution in [2.45, 2.75) is 77.7 Å². The van der Waals surface area contributed by atoms with Gasteiger partial charge in [-0.1, -0.05) is 34.6 Å². The van der Waals surface area contributed by atoms with Crippen LogP contribution in [0.1, 0.15) is 55.4 Å². The van der Waals surface area contributed by atoms with Crippen LogP contribution in [-0.4, -0.2) is 45.0 Å². The smallest absolute Gasteiger partial charge is 0.411 e. The van der Waals surface area contributed by atoms with Crippen molar-refractivity contribution in [3.05, 3.63) is 0 Å². The quantitative estimate of drug-likeness (QED) is 0.843. The number of thioether (sulfide) groups is 1. The highest BCUT2D eigenvalue weighted by Gasteiger charge is 2.45. The van der Waals surface area contributed by atoms with Gasteiger partial charge in [0.15, 0.2) is 0 Å². The standard InChI is InChI=1S/C16H31NO3S/c1-10(2)11-9-17(14(19)20-16(6,7)8)13(21-11)12(18)15(3,4)5/h10-13,18H,9H2,1-8H3/t11-,12+,13+/m1/s1. The Morgan fingerprint density at radius 3 is 2.14 bits per heavy atom. The fourth-order valence-electron chi connectivity index (χ4n) is 2.13. The first kappa shape index (κ1) is 18.6. The van der Waals surface area contributed by atoms with Gasteiger partial charge < -0.3 is 9.84 Å². The molecule has 3 atom stereocenters. The van der Waals surface area contributed by atoms with Crippen molar-refractivity contribution >= 4 is 17.9 Å². The van der Waals surface area contributed by atoms with E-state index < -0.39 is 11.7 Å². The van der Waals surface area contributed by atoms with Gasteiger partial charge in [-0.15, -0.1) is 11.8 Å². The average molecular weight is 317 g/mol. The summed E-state index contributed by atoms with van der Waals surface area (Å²) in [5.41, 5.74) is -0.793. The summed E-state index contributed by atoms with van der Waals surface area (Å²) in [6.45, 7) is 16.5. The van der Waals surface area contributed by atoms with Crippen LogP contribution in [0, 0.1) is 11.3 Å². The van der Waals surface area contributed by atoms with Crippen LogP contribution in [0.15, 0.2) is 0 Å². The summed E-state index contributed by atoms with van der Waals surface area (Å²) in [5.74, 6) is 0.456. The Bertz CT molecular complexity index is 371. The number of carbonyl (C=O) groups is 1. The van der Waals surface area contributed by atoms with Gasteiger partial charge in [-0.05, 0) is 32.1 Å². The van der Waals surface area contributed by atoms with Crippen LogP contribution >= 0.6 is 11.8 Å². The molecule has 4 nitrogen and oxygen atoms in total. The predicted molar refractivity (Wildman–Crippen MR) is 88.4 cm³/mol. The monoisotopic (exact) mass is 317 g/mol. The van der Waals surface area contributed by atoms with Crippen molar-refractivity contribution in [2.75, 3.05) is 6.54 Å². The third kappa shape index (κ3) is 5.06. The number of ether oxygens (including phenoxy) is 1. The number of amides is 1. The van der Waals surface area contributed by atoms with Gasteiger partial charge in [0.05, 0.1) is 6.10 Å². The van der Waals surface area contributed by atoms with E-state index in [4.69, 9.17) is 4.74 Å². The summed E-state index contributed by atoms with van der Waals surface area (Å²) in [5, 5.41) is 10.7. The van der Waals surface area contributed by atoms with E-state index in [2.05, 4.69) is 13.8 Å². The molecule has 1 heterocycles. The van der Waals surface area contributed by atoms with E-state index in [-0.39, 0.29) is 16.9 Å². The van der Waals surface area contributed by atoms with E-state index in [1.165, 1.54) is 0 Å². The van der Waals surface area contributed by atoms with Gasteiger partial charge in [-0.2, -0.15) is 0 Å². The van der Waals surface area contributed by atoms with Gasteiger partial charge in [0.2, 0.25) is 0 Å².